The molecule has 0 bridgehead atoms. The number of aryl methyl sites for hydroxylation is 1. The lowest BCUT2D eigenvalue weighted by atomic mass is 10.2. The summed E-state index contributed by atoms with van der Waals surface area (Å²) in [5, 5.41) is 12.9. The lowest BCUT2D eigenvalue weighted by molar-refractivity contribution is 0.208. The molecule has 0 radical (unpaired) electrons. The van der Waals surface area contributed by atoms with E-state index in [0.717, 1.165) is 16.3 Å². The van der Waals surface area contributed by atoms with Gasteiger partial charge in [-0.2, -0.15) is 0 Å². The van der Waals surface area contributed by atoms with Crippen molar-refractivity contribution in [2.75, 3.05) is 11.9 Å². The van der Waals surface area contributed by atoms with Gasteiger partial charge in [-0.05, 0) is 37.6 Å². The fourth-order valence-corrected chi connectivity index (χ4v) is 1.31. The normalized spacial score (nSPS) is 12.6. The fourth-order valence-electron chi connectivity index (χ4n) is 1.08. The molecule has 0 aromatic heterocycles. The van der Waals surface area contributed by atoms with E-state index in [1.165, 1.54) is 0 Å². The van der Waals surface area contributed by atoms with Crippen molar-refractivity contribution in [1.29, 1.82) is 0 Å². The number of aliphatic hydroxyl groups excluding tert-OH is 1. The minimum Gasteiger partial charge on any atom is -0.392 e. The van der Waals surface area contributed by atoms with E-state index in [0.29, 0.717) is 6.54 Å². The molecule has 0 fully saturated rings. The molecular formula is C10H14ClNO. The van der Waals surface area contributed by atoms with Crippen LogP contribution in [0.2, 0.25) is 5.02 Å². The maximum atomic E-state index is 9.07. The number of nitrogens with one attached hydrogen (secondary N) is 1. The highest BCUT2D eigenvalue weighted by molar-refractivity contribution is 6.30. The minimum atomic E-state index is -0.338. The van der Waals surface area contributed by atoms with Gasteiger partial charge in [0.1, 0.15) is 0 Å². The van der Waals surface area contributed by atoms with Gasteiger partial charge in [-0.15, -0.1) is 0 Å². The maximum absolute atomic E-state index is 9.07. The minimum absolute atomic E-state index is 0.338. The molecule has 0 aliphatic heterocycles. The smallest absolute Gasteiger partial charge is 0.0684 e. The molecule has 0 heterocycles. The second-order valence-electron chi connectivity index (χ2n) is 3.19. The van der Waals surface area contributed by atoms with Crippen LogP contribution < -0.4 is 5.32 Å². The lowest BCUT2D eigenvalue weighted by Gasteiger charge is -2.10. The zero-order valence-electron chi connectivity index (χ0n) is 7.84. The molecule has 2 N–H and O–H groups in total. The second-order valence-corrected chi connectivity index (χ2v) is 3.63. The first kappa shape index (κ1) is 10.4. The van der Waals surface area contributed by atoms with Gasteiger partial charge in [0.2, 0.25) is 0 Å². The van der Waals surface area contributed by atoms with Gasteiger partial charge in [-0.1, -0.05) is 11.6 Å². The molecule has 0 saturated heterocycles. The van der Waals surface area contributed by atoms with Gasteiger partial charge in [0.15, 0.2) is 0 Å². The van der Waals surface area contributed by atoms with Gasteiger partial charge in [0.05, 0.1) is 6.10 Å². The molecule has 0 aliphatic rings. The summed E-state index contributed by atoms with van der Waals surface area (Å²) in [5.41, 5.74) is 2.11. The Morgan fingerprint density at radius 2 is 2.23 bits per heavy atom. The highest BCUT2D eigenvalue weighted by atomic mass is 35.5. The molecule has 1 unspecified atom stereocenters. The predicted molar refractivity (Wildman–Crippen MR) is 56.4 cm³/mol. The standard InChI is InChI=1S/C10H14ClNO/c1-7-5-9(11)3-4-10(7)12-6-8(2)13/h3-5,8,12-13H,6H2,1-2H3. The number of rotatable bonds is 3. The van der Waals surface area contributed by atoms with Crippen molar-refractivity contribution < 1.29 is 5.11 Å². The molecule has 0 aliphatic carbocycles. The summed E-state index contributed by atoms with van der Waals surface area (Å²) in [6.45, 7) is 4.29. The number of benzene rings is 1. The molecule has 1 rings (SSSR count). The van der Waals surface area contributed by atoms with Crippen molar-refractivity contribution in [2.45, 2.75) is 20.0 Å². The Balaban J connectivity index is 2.67. The van der Waals surface area contributed by atoms with Crippen molar-refractivity contribution in [1.82, 2.24) is 0 Å². The Bertz CT molecular complexity index is 286. The average molecular weight is 200 g/mol. The number of halogens is 1. The van der Waals surface area contributed by atoms with Crippen LogP contribution in [0.4, 0.5) is 5.69 Å². The molecule has 72 valence electrons. The first-order chi connectivity index (χ1) is 6.09. The highest BCUT2D eigenvalue weighted by Crippen LogP contribution is 2.19. The zero-order valence-corrected chi connectivity index (χ0v) is 8.60. The van der Waals surface area contributed by atoms with E-state index >= 15 is 0 Å². The third-order valence-electron chi connectivity index (χ3n) is 1.78. The van der Waals surface area contributed by atoms with Crippen LogP contribution in [-0.4, -0.2) is 17.8 Å². The van der Waals surface area contributed by atoms with Gasteiger partial charge in [-0.25, -0.2) is 0 Å². The zero-order chi connectivity index (χ0) is 9.84. The van der Waals surface area contributed by atoms with Crippen molar-refractivity contribution >= 4 is 17.3 Å². The van der Waals surface area contributed by atoms with Gasteiger partial charge in [-0.3, -0.25) is 0 Å². The van der Waals surface area contributed by atoms with Crippen LogP contribution in [0.25, 0.3) is 0 Å². The number of aliphatic hydroxyl groups is 1. The Hall–Kier alpha value is -0.730. The third kappa shape index (κ3) is 3.25. The summed E-state index contributed by atoms with van der Waals surface area (Å²) in [6, 6.07) is 5.64. The van der Waals surface area contributed by atoms with Crippen molar-refractivity contribution in [3.8, 4) is 0 Å². The summed E-state index contributed by atoms with van der Waals surface area (Å²) in [6.07, 6.45) is -0.338. The molecule has 0 saturated carbocycles. The average Bonchev–Trinajstić information content (AvgIpc) is 2.02. The van der Waals surface area contributed by atoms with Crippen molar-refractivity contribution in [2.24, 2.45) is 0 Å². The lowest BCUT2D eigenvalue weighted by Crippen LogP contribution is -2.15. The van der Waals surface area contributed by atoms with Crippen LogP contribution in [0, 0.1) is 6.92 Å². The number of hydrogen-bond acceptors (Lipinski definition) is 2. The second kappa shape index (κ2) is 4.49. The Morgan fingerprint density at radius 3 is 2.77 bits per heavy atom. The summed E-state index contributed by atoms with van der Waals surface area (Å²) in [4.78, 5) is 0. The fraction of sp³-hybridized carbons (Fsp3) is 0.400. The van der Waals surface area contributed by atoms with E-state index in [-0.39, 0.29) is 6.10 Å². The molecule has 1 atom stereocenters. The first-order valence-electron chi connectivity index (χ1n) is 4.27. The Labute approximate surface area is 83.5 Å². The maximum Gasteiger partial charge on any atom is 0.0684 e. The van der Waals surface area contributed by atoms with E-state index in [2.05, 4.69) is 5.32 Å². The molecule has 0 spiro atoms. The summed E-state index contributed by atoms with van der Waals surface area (Å²) in [5.74, 6) is 0. The molecule has 2 nitrogen and oxygen atoms in total. The molecule has 1 aromatic carbocycles. The molecule has 3 heteroatoms. The van der Waals surface area contributed by atoms with Crippen LogP contribution >= 0.6 is 11.6 Å². The number of hydrogen-bond donors (Lipinski definition) is 2. The van der Waals surface area contributed by atoms with Crippen LogP contribution in [0.15, 0.2) is 18.2 Å². The molecule has 0 amide bonds. The van der Waals surface area contributed by atoms with Crippen LogP contribution in [-0.2, 0) is 0 Å². The van der Waals surface area contributed by atoms with Crippen LogP contribution in [0.3, 0.4) is 0 Å². The van der Waals surface area contributed by atoms with Gasteiger partial charge >= 0.3 is 0 Å². The SMILES string of the molecule is Cc1cc(Cl)ccc1NCC(C)O. The first-order valence-corrected chi connectivity index (χ1v) is 4.65. The van der Waals surface area contributed by atoms with Crippen LogP contribution in [0.1, 0.15) is 12.5 Å². The predicted octanol–water partition coefficient (Wildman–Crippen LogP) is 2.44. The van der Waals surface area contributed by atoms with E-state index in [9.17, 15) is 0 Å². The monoisotopic (exact) mass is 199 g/mol. The Kier molecular flexibility index (Phi) is 3.58. The molecule has 1 aromatic rings. The topological polar surface area (TPSA) is 32.3 Å². The van der Waals surface area contributed by atoms with E-state index in [1.807, 2.05) is 25.1 Å². The highest BCUT2D eigenvalue weighted by Gasteiger charge is 1.99. The van der Waals surface area contributed by atoms with Gasteiger partial charge in [0.25, 0.3) is 0 Å². The quantitative estimate of drug-likeness (QED) is 0.784. The summed E-state index contributed by atoms with van der Waals surface area (Å²) < 4.78 is 0. The molecule has 13 heavy (non-hydrogen) atoms. The third-order valence-corrected chi connectivity index (χ3v) is 2.01. The van der Waals surface area contributed by atoms with E-state index < -0.39 is 0 Å². The van der Waals surface area contributed by atoms with Gasteiger partial charge in [0, 0.05) is 17.3 Å². The van der Waals surface area contributed by atoms with Crippen molar-refractivity contribution in [3.05, 3.63) is 28.8 Å². The van der Waals surface area contributed by atoms with Crippen LogP contribution in [0.5, 0.6) is 0 Å². The van der Waals surface area contributed by atoms with Gasteiger partial charge < -0.3 is 10.4 Å². The van der Waals surface area contributed by atoms with E-state index in [4.69, 9.17) is 16.7 Å². The van der Waals surface area contributed by atoms with E-state index in [1.54, 1.807) is 6.92 Å². The summed E-state index contributed by atoms with van der Waals surface area (Å²) >= 11 is 5.80. The number of anilines is 1. The molecular weight excluding hydrogens is 186 g/mol. The van der Waals surface area contributed by atoms with Crippen molar-refractivity contribution in [3.63, 3.8) is 0 Å². The largest absolute Gasteiger partial charge is 0.392 e. The summed E-state index contributed by atoms with van der Waals surface area (Å²) in [7, 11) is 0. The Morgan fingerprint density at radius 1 is 1.54 bits per heavy atom.